The van der Waals surface area contributed by atoms with Crippen molar-refractivity contribution in [3.63, 3.8) is 0 Å². The van der Waals surface area contributed by atoms with Crippen molar-refractivity contribution in [2.75, 3.05) is 6.54 Å². The predicted molar refractivity (Wildman–Crippen MR) is 73.5 cm³/mol. The van der Waals surface area contributed by atoms with Gasteiger partial charge in [0.2, 0.25) is 0 Å². The van der Waals surface area contributed by atoms with E-state index in [1.54, 1.807) is 6.33 Å². The summed E-state index contributed by atoms with van der Waals surface area (Å²) in [6.45, 7) is 2.82. The molecule has 19 heavy (non-hydrogen) atoms. The number of hydrogen-bond acceptors (Lipinski definition) is 4. The highest BCUT2D eigenvalue weighted by Gasteiger charge is 2.22. The van der Waals surface area contributed by atoms with Crippen molar-refractivity contribution in [1.82, 2.24) is 19.5 Å². The molecule has 0 aliphatic heterocycles. The fourth-order valence-electron chi connectivity index (χ4n) is 2.75. The zero-order valence-electron chi connectivity index (χ0n) is 11.4. The van der Waals surface area contributed by atoms with Crippen molar-refractivity contribution in [3.8, 4) is 11.5 Å². The van der Waals surface area contributed by atoms with Gasteiger partial charge in [-0.3, -0.25) is 0 Å². The molecular weight excluding hydrogens is 238 g/mol. The molecule has 0 saturated heterocycles. The van der Waals surface area contributed by atoms with Gasteiger partial charge >= 0.3 is 0 Å². The number of fused-ring (bicyclic) bond motifs is 1. The molecule has 0 saturated carbocycles. The van der Waals surface area contributed by atoms with E-state index >= 15 is 0 Å². The van der Waals surface area contributed by atoms with Crippen LogP contribution in [0.25, 0.3) is 11.5 Å². The van der Waals surface area contributed by atoms with Crippen LogP contribution in [0.4, 0.5) is 0 Å². The molecule has 0 amide bonds. The Morgan fingerprint density at radius 2 is 2.26 bits per heavy atom. The van der Waals surface area contributed by atoms with Gasteiger partial charge in [0.15, 0.2) is 5.82 Å². The second kappa shape index (κ2) is 4.74. The lowest BCUT2D eigenvalue weighted by Gasteiger charge is -2.24. The lowest BCUT2D eigenvalue weighted by atomic mass is 9.86. The molecule has 3 rings (SSSR count). The monoisotopic (exact) mass is 257 g/mol. The zero-order valence-corrected chi connectivity index (χ0v) is 11.4. The molecule has 1 unspecified atom stereocenters. The number of aryl methyl sites for hydroxylation is 3. The smallest absolute Gasteiger partial charge is 0.178 e. The first-order chi connectivity index (χ1) is 9.19. The third-order valence-corrected chi connectivity index (χ3v) is 3.96. The van der Waals surface area contributed by atoms with Gasteiger partial charge in [0.1, 0.15) is 5.69 Å². The predicted octanol–water partition coefficient (Wildman–Crippen LogP) is 1.25. The van der Waals surface area contributed by atoms with E-state index in [9.17, 15) is 0 Å². The minimum Gasteiger partial charge on any atom is -0.331 e. The fraction of sp³-hybridized carbons (Fsp3) is 0.500. The van der Waals surface area contributed by atoms with Crippen LogP contribution in [-0.2, 0) is 19.9 Å². The van der Waals surface area contributed by atoms with Gasteiger partial charge in [-0.1, -0.05) is 0 Å². The highest BCUT2D eigenvalue weighted by molar-refractivity contribution is 5.50. The van der Waals surface area contributed by atoms with Crippen LogP contribution in [0.3, 0.4) is 0 Å². The van der Waals surface area contributed by atoms with Crippen LogP contribution < -0.4 is 5.73 Å². The highest BCUT2D eigenvalue weighted by Crippen LogP contribution is 2.27. The van der Waals surface area contributed by atoms with Crippen molar-refractivity contribution in [1.29, 1.82) is 0 Å². The summed E-state index contributed by atoms with van der Waals surface area (Å²) in [4.78, 5) is 13.5. The fourth-order valence-corrected chi connectivity index (χ4v) is 2.75. The Bertz CT molecular complexity index is 602. The molecule has 5 nitrogen and oxygen atoms in total. The summed E-state index contributed by atoms with van der Waals surface area (Å²) in [5.74, 6) is 1.36. The maximum atomic E-state index is 5.78. The number of aromatic nitrogens is 4. The van der Waals surface area contributed by atoms with Crippen molar-refractivity contribution in [2.45, 2.75) is 26.2 Å². The van der Waals surface area contributed by atoms with Crippen LogP contribution in [0.15, 0.2) is 12.5 Å². The molecule has 2 heterocycles. The largest absolute Gasteiger partial charge is 0.331 e. The minimum atomic E-state index is 0.581. The first-order valence-corrected chi connectivity index (χ1v) is 6.72. The van der Waals surface area contributed by atoms with E-state index < -0.39 is 0 Å². The van der Waals surface area contributed by atoms with Gasteiger partial charge < -0.3 is 10.3 Å². The van der Waals surface area contributed by atoms with Gasteiger partial charge in [0.25, 0.3) is 0 Å². The lowest BCUT2D eigenvalue weighted by Crippen LogP contribution is -2.24. The molecule has 0 bridgehead atoms. The van der Waals surface area contributed by atoms with Gasteiger partial charge in [0, 0.05) is 18.4 Å². The highest BCUT2D eigenvalue weighted by atomic mass is 15.1. The first kappa shape index (κ1) is 12.3. The Balaban J connectivity index is 2.04. The molecule has 100 valence electrons. The summed E-state index contributed by atoms with van der Waals surface area (Å²) in [5.41, 5.74) is 10.3. The minimum absolute atomic E-state index is 0.581. The molecule has 1 atom stereocenters. The van der Waals surface area contributed by atoms with Gasteiger partial charge in [-0.2, -0.15) is 0 Å². The second-order valence-electron chi connectivity index (χ2n) is 5.29. The number of hydrogen-bond donors (Lipinski definition) is 1. The lowest BCUT2D eigenvalue weighted by molar-refractivity contribution is 0.460. The van der Waals surface area contributed by atoms with Crippen molar-refractivity contribution in [3.05, 3.63) is 29.5 Å². The molecule has 0 fully saturated rings. The number of nitrogens with zero attached hydrogens (tertiary/aromatic N) is 4. The van der Waals surface area contributed by atoms with Crippen LogP contribution in [0, 0.1) is 12.8 Å². The number of nitrogens with two attached hydrogens (primary N) is 1. The summed E-state index contributed by atoms with van der Waals surface area (Å²) in [6, 6.07) is 0. The van der Waals surface area contributed by atoms with E-state index in [-0.39, 0.29) is 0 Å². The van der Waals surface area contributed by atoms with E-state index in [1.807, 2.05) is 17.8 Å². The summed E-state index contributed by atoms with van der Waals surface area (Å²) >= 11 is 0. The maximum Gasteiger partial charge on any atom is 0.178 e. The van der Waals surface area contributed by atoms with E-state index in [2.05, 4.69) is 16.9 Å². The number of imidazole rings is 1. The quantitative estimate of drug-likeness (QED) is 0.879. The van der Waals surface area contributed by atoms with E-state index in [1.165, 1.54) is 11.3 Å². The van der Waals surface area contributed by atoms with Crippen LogP contribution in [0.1, 0.15) is 23.4 Å². The molecule has 2 N–H and O–H groups in total. The Morgan fingerprint density at radius 3 is 2.95 bits per heavy atom. The Morgan fingerprint density at radius 1 is 1.42 bits per heavy atom. The normalized spacial score (nSPS) is 18.4. The molecular formula is C14H19N5. The Labute approximate surface area is 112 Å². The second-order valence-corrected chi connectivity index (χ2v) is 5.29. The molecule has 2 aromatic heterocycles. The Hall–Kier alpha value is -1.75. The van der Waals surface area contributed by atoms with E-state index in [4.69, 9.17) is 10.7 Å². The first-order valence-electron chi connectivity index (χ1n) is 6.72. The summed E-state index contributed by atoms with van der Waals surface area (Å²) in [7, 11) is 1.96. The van der Waals surface area contributed by atoms with Crippen molar-refractivity contribution >= 4 is 0 Å². The molecule has 0 spiro atoms. The van der Waals surface area contributed by atoms with Crippen LogP contribution in [0.2, 0.25) is 0 Å². The molecule has 5 heteroatoms. The van der Waals surface area contributed by atoms with E-state index in [0.29, 0.717) is 5.92 Å². The maximum absolute atomic E-state index is 5.78. The van der Waals surface area contributed by atoms with Gasteiger partial charge in [-0.15, -0.1) is 0 Å². The molecule has 1 aliphatic rings. The zero-order chi connectivity index (χ0) is 13.4. The van der Waals surface area contributed by atoms with Crippen LogP contribution in [-0.4, -0.2) is 26.1 Å². The third-order valence-electron chi connectivity index (χ3n) is 3.96. The molecule has 2 aromatic rings. The van der Waals surface area contributed by atoms with Crippen molar-refractivity contribution < 1.29 is 0 Å². The molecule has 0 radical (unpaired) electrons. The van der Waals surface area contributed by atoms with Gasteiger partial charge in [-0.25, -0.2) is 15.0 Å². The summed E-state index contributed by atoms with van der Waals surface area (Å²) in [5, 5.41) is 0. The SMILES string of the molecule is Cc1nc(-c2cncn2C)nc2c1CC(CN)CC2. The number of rotatable bonds is 2. The average molecular weight is 257 g/mol. The van der Waals surface area contributed by atoms with Gasteiger partial charge in [0.05, 0.1) is 12.5 Å². The Kier molecular flexibility index (Phi) is 3.06. The average Bonchev–Trinajstić information content (AvgIpc) is 2.84. The van der Waals surface area contributed by atoms with Crippen LogP contribution >= 0.6 is 0 Å². The van der Waals surface area contributed by atoms with Gasteiger partial charge in [-0.05, 0) is 44.2 Å². The molecule has 0 aromatic carbocycles. The molecule has 1 aliphatic carbocycles. The topological polar surface area (TPSA) is 69.6 Å². The van der Waals surface area contributed by atoms with Crippen molar-refractivity contribution in [2.24, 2.45) is 18.7 Å². The standard InChI is InChI=1S/C14H19N5/c1-9-11-5-10(6-15)3-4-12(11)18-14(17-9)13-7-16-8-19(13)2/h7-8,10H,3-6,15H2,1-2H3. The summed E-state index contributed by atoms with van der Waals surface area (Å²) in [6.07, 6.45) is 6.74. The van der Waals surface area contributed by atoms with E-state index in [0.717, 1.165) is 43.0 Å². The van der Waals surface area contributed by atoms with Crippen LogP contribution in [0.5, 0.6) is 0 Å². The third kappa shape index (κ3) is 2.14. The summed E-state index contributed by atoms with van der Waals surface area (Å²) < 4.78 is 1.95.